The summed E-state index contributed by atoms with van der Waals surface area (Å²) in [5, 5.41) is 11.8. The van der Waals surface area contributed by atoms with E-state index in [0.717, 1.165) is 24.5 Å². The SMILES string of the molecule is CCN(CC)C(CNC(=O)CCC(=O)N(CCC#N)c1ccccc1)c1ccco1. The average Bonchev–Trinajstić information content (AvgIpc) is 3.30. The zero-order valence-corrected chi connectivity index (χ0v) is 17.7. The van der Waals surface area contributed by atoms with Crippen LogP contribution in [-0.2, 0) is 9.59 Å². The molecule has 0 aliphatic rings. The number of likely N-dealkylation sites (N-methyl/N-ethyl adjacent to an activating group) is 1. The van der Waals surface area contributed by atoms with Crippen molar-refractivity contribution < 1.29 is 14.0 Å². The van der Waals surface area contributed by atoms with Gasteiger partial charge in [-0.3, -0.25) is 14.5 Å². The number of rotatable bonds is 12. The zero-order chi connectivity index (χ0) is 21.8. The van der Waals surface area contributed by atoms with Gasteiger partial charge in [-0.1, -0.05) is 32.0 Å². The molecule has 0 fully saturated rings. The number of hydrogen-bond donors (Lipinski definition) is 1. The van der Waals surface area contributed by atoms with Crippen LogP contribution in [0.5, 0.6) is 0 Å². The predicted molar refractivity (Wildman–Crippen MR) is 116 cm³/mol. The highest BCUT2D eigenvalue weighted by Gasteiger charge is 2.22. The second kappa shape index (κ2) is 12.5. The topological polar surface area (TPSA) is 89.6 Å². The van der Waals surface area contributed by atoms with Gasteiger partial charge >= 0.3 is 0 Å². The van der Waals surface area contributed by atoms with Crippen molar-refractivity contribution in [1.82, 2.24) is 10.2 Å². The van der Waals surface area contributed by atoms with Gasteiger partial charge in [0.05, 0.1) is 24.8 Å². The number of nitrogens with zero attached hydrogens (tertiary/aromatic N) is 3. The second-order valence-electron chi connectivity index (χ2n) is 6.85. The number of carbonyl (C=O) groups excluding carboxylic acids is 2. The molecule has 2 aromatic rings. The van der Waals surface area contributed by atoms with Gasteiger partial charge in [-0.25, -0.2) is 0 Å². The molecule has 0 aliphatic heterocycles. The maximum absolute atomic E-state index is 12.7. The quantitative estimate of drug-likeness (QED) is 0.578. The lowest BCUT2D eigenvalue weighted by Crippen LogP contribution is -2.38. The normalized spacial score (nSPS) is 11.7. The number of benzene rings is 1. The Bertz CT molecular complexity index is 811. The third-order valence-electron chi connectivity index (χ3n) is 5.00. The third-order valence-corrected chi connectivity index (χ3v) is 5.00. The summed E-state index contributed by atoms with van der Waals surface area (Å²) in [5.41, 5.74) is 0.734. The van der Waals surface area contributed by atoms with Gasteiger partial charge in [-0.2, -0.15) is 5.26 Å². The van der Waals surface area contributed by atoms with Crippen LogP contribution < -0.4 is 10.2 Å². The Morgan fingerprint density at radius 3 is 2.43 bits per heavy atom. The van der Waals surface area contributed by atoms with Crippen LogP contribution in [-0.4, -0.2) is 42.9 Å². The maximum atomic E-state index is 12.7. The van der Waals surface area contributed by atoms with E-state index in [1.807, 2.05) is 42.5 Å². The van der Waals surface area contributed by atoms with Gasteiger partial charge < -0.3 is 14.6 Å². The minimum atomic E-state index is -0.180. The molecule has 30 heavy (non-hydrogen) atoms. The van der Waals surface area contributed by atoms with Gasteiger partial charge in [-0.15, -0.1) is 0 Å². The van der Waals surface area contributed by atoms with Gasteiger partial charge in [0.1, 0.15) is 5.76 Å². The molecule has 2 amide bonds. The smallest absolute Gasteiger partial charge is 0.227 e. The van der Waals surface area contributed by atoms with Gasteiger partial charge in [0.2, 0.25) is 11.8 Å². The van der Waals surface area contributed by atoms with Gasteiger partial charge in [0, 0.05) is 31.6 Å². The minimum Gasteiger partial charge on any atom is -0.468 e. The Balaban J connectivity index is 1.91. The number of para-hydroxylation sites is 1. The Kier molecular flexibility index (Phi) is 9.62. The summed E-state index contributed by atoms with van der Waals surface area (Å²) in [5.74, 6) is 0.458. The Hall–Kier alpha value is -3.11. The highest BCUT2D eigenvalue weighted by atomic mass is 16.3. The number of anilines is 1. The third kappa shape index (κ3) is 6.75. The van der Waals surface area contributed by atoms with Crippen LogP contribution in [0.3, 0.4) is 0 Å². The van der Waals surface area contributed by atoms with Crippen LogP contribution >= 0.6 is 0 Å². The van der Waals surface area contributed by atoms with Crippen molar-refractivity contribution in [3.8, 4) is 6.07 Å². The fourth-order valence-corrected chi connectivity index (χ4v) is 3.38. The first kappa shape index (κ1) is 23.2. The average molecular weight is 411 g/mol. The largest absolute Gasteiger partial charge is 0.468 e. The van der Waals surface area contributed by atoms with Crippen molar-refractivity contribution in [3.63, 3.8) is 0 Å². The fraction of sp³-hybridized carbons (Fsp3) is 0.435. The lowest BCUT2D eigenvalue weighted by Gasteiger charge is -2.28. The van der Waals surface area contributed by atoms with E-state index < -0.39 is 0 Å². The van der Waals surface area contributed by atoms with Crippen LogP contribution in [0.2, 0.25) is 0 Å². The Morgan fingerprint density at radius 1 is 1.10 bits per heavy atom. The molecule has 1 aromatic heterocycles. The van der Waals surface area contributed by atoms with E-state index in [2.05, 4.69) is 30.1 Å². The van der Waals surface area contributed by atoms with Gasteiger partial charge in [-0.05, 0) is 37.4 Å². The maximum Gasteiger partial charge on any atom is 0.227 e. The number of nitrogens with one attached hydrogen (secondary N) is 1. The zero-order valence-electron chi connectivity index (χ0n) is 17.7. The molecule has 7 heteroatoms. The van der Waals surface area contributed by atoms with Gasteiger partial charge in [0.15, 0.2) is 0 Å². The number of carbonyl (C=O) groups is 2. The van der Waals surface area contributed by atoms with E-state index >= 15 is 0 Å². The first-order chi connectivity index (χ1) is 14.6. The summed E-state index contributed by atoms with van der Waals surface area (Å²) in [4.78, 5) is 28.9. The molecule has 0 radical (unpaired) electrons. The van der Waals surface area contributed by atoms with Crippen molar-refractivity contribution in [3.05, 3.63) is 54.5 Å². The summed E-state index contributed by atoms with van der Waals surface area (Å²) in [7, 11) is 0. The molecule has 2 rings (SSSR count). The Morgan fingerprint density at radius 2 is 1.83 bits per heavy atom. The standard InChI is InChI=1S/C23H30N4O3/c1-3-26(4-2)20(21-12-8-17-30-21)18-25-22(28)13-14-23(29)27(16-9-15-24)19-10-6-5-7-11-19/h5-8,10-12,17,20H,3-4,9,13-14,16,18H2,1-2H3,(H,25,28). The number of nitriles is 1. The fourth-order valence-electron chi connectivity index (χ4n) is 3.38. The van der Waals surface area contributed by atoms with Crippen molar-refractivity contribution in [2.24, 2.45) is 0 Å². The van der Waals surface area contributed by atoms with E-state index in [9.17, 15) is 9.59 Å². The lowest BCUT2D eigenvalue weighted by atomic mass is 10.1. The first-order valence-electron chi connectivity index (χ1n) is 10.4. The van der Waals surface area contributed by atoms with Crippen LogP contribution in [0.4, 0.5) is 5.69 Å². The molecule has 0 saturated carbocycles. The van der Waals surface area contributed by atoms with Crippen LogP contribution in [0.15, 0.2) is 53.1 Å². The van der Waals surface area contributed by atoms with Crippen LogP contribution in [0, 0.1) is 11.3 Å². The molecule has 7 nitrogen and oxygen atoms in total. The van der Waals surface area contributed by atoms with Crippen LogP contribution in [0.25, 0.3) is 0 Å². The van der Waals surface area contributed by atoms with Gasteiger partial charge in [0.25, 0.3) is 0 Å². The lowest BCUT2D eigenvalue weighted by molar-refractivity contribution is -0.125. The summed E-state index contributed by atoms with van der Waals surface area (Å²) in [6, 6.07) is 15.0. The van der Waals surface area contributed by atoms with Crippen LogP contribution in [0.1, 0.15) is 44.9 Å². The molecule has 0 aliphatic carbocycles. The second-order valence-corrected chi connectivity index (χ2v) is 6.85. The molecule has 1 aromatic carbocycles. The highest BCUT2D eigenvalue weighted by Crippen LogP contribution is 2.20. The summed E-state index contributed by atoms with van der Waals surface area (Å²) in [6.45, 7) is 6.53. The highest BCUT2D eigenvalue weighted by molar-refractivity contribution is 5.95. The summed E-state index contributed by atoms with van der Waals surface area (Å²) >= 11 is 0. The summed E-state index contributed by atoms with van der Waals surface area (Å²) in [6.07, 6.45) is 2.05. The van der Waals surface area contributed by atoms with E-state index in [1.54, 1.807) is 11.2 Å². The number of amides is 2. The molecule has 0 bridgehead atoms. The molecule has 1 unspecified atom stereocenters. The molecule has 160 valence electrons. The molecule has 0 spiro atoms. The van der Waals surface area contributed by atoms with Crippen molar-refractivity contribution >= 4 is 17.5 Å². The molecule has 1 N–H and O–H groups in total. The van der Waals surface area contributed by atoms with E-state index in [0.29, 0.717) is 13.1 Å². The molecule has 1 heterocycles. The van der Waals surface area contributed by atoms with Crippen molar-refractivity contribution in [2.75, 3.05) is 31.1 Å². The van der Waals surface area contributed by atoms with Crippen molar-refractivity contribution in [1.29, 1.82) is 5.26 Å². The number of hydrogen-bond acceptors (Lipinski definition) is 5. The Labute approximate surface area is 178 Å². The summed E-state index contributed by atoms with van der Waals surface area (Å²) < 4.78 is 5.55. The van der Waals surface area contributed by atoms with E-state index in [4.69, 9.17) is 9.68 Å². The first-order valence-corrected chi connectivity index (χ1v) is 10.4. The van der Waals surface area contributed by atoms with E-state index in [-0.39, 0.29) is 37.1 Å². The minimum absolute atomic E-state index is 0.0499. The molecular formula is C23H30N4O3. The van der Waals surface area contributed by atoms with Crippen molar-refractivity contribution in [2.45, 2.75) is 39.2 Å². The molecular weight excluding hydrogens is 380 g/mol. The monoisotopic (exact) mass is 410 g/mol. The predicted octanol–water partition coefficient (Wildman–Crippen LogP) is 3.51. The molecule has 1 atom stereocenters. The number of furan rings is 1. The van der Waals surface area contributed by atoms with E-state index in [1.165, 1.54) is 0 Å². The molecule has 0 saturated heterocycles.